The molecule has 0 saturated heterocycles. The van der Waals surface area contributed by atoms with Crippen LogP contribution in [0.4, 0.5) is 5.69 Å². The Bertz CT molecular complexity index is 979. The second kappa shape index (κ2) is 10.2. The zero-order valence-electron chi connectivity index (χ0n) is 16.0. The average molecular weight is 414 g/mol. The highest BCUT2D eigenvalue weighted by molar-refractivity contribution is 6.32. The van der Waals surface area contributed by atoms with Gasteiger partial charge in [0.2, 0.25) is 0 Å². The number of nitrogens with zero attached hydrogens (tertiary/aromatic N) is 1. The standard InChI is InChI=1S/C21H20ClN3O4/c1-3-28-18-10-14(9-17(22)20(18)29-12-19(24)26)8-15(11-23)21(27)25-16-6-4-13(2)5-7-16/h4-10H,3,12H2,1-2H3,(H2,24,26)(H,25,27)/b15-8+. The number of aryl methyl sites for hydroxylation is 1. The van der Waals surface area contributed by atoms with Crippen LogP contribution in [0.2, 0.25) is 5.02 Å². The average Bonchev–Trinajstić information content (AvgIpc) is 2.67. The molecule has 0 aliphatic rings. The third-order valence-corrected chi connectivity index (χ3v) is 3.96. The first kappa shape index (κ1) is 21.8. The molecule has 0 fully saturated rings. The molecule has 0 atom stereocenters. The van der Waals surface area contributed by atoms with Crippen LogP contribution in [-0.2, 0) is 9.59 Å². The molecule has 7 nitrogen and oxygen atoms in total. The topological polar surface area (TPSA) is 114 Å². The minimum Gasteiger partial charge on any atom is -0.490 e. The monoisotopic (exact) mass is 413 g/mol. The van der Waals surface area contributed by atoms with E-state index in [-0.39, 0.29) is 28.7 Å². The van der Waals surface area contributed by atoms with E-state index in [4.69, 9.17) is 26.8 Å². The van der Waals surface area contributed by atoms with Gasteiger partial charge in [0, 0.05) is 5.69 Å². The molecule has 2 aromatic carbocycles. The van der Waals surface area contributed by atoms with E-state index in [1.807, 2.05) is 25.1 Å². The van der Waals surface area contributed by atoms with Gasteiger partial charge in [0.15, 0.2) is 18.1 Å². The van der Waals surface area contributed by atoms with Gasteiger partial charge in [-0.3, -0.25) is 9.59 Å². The van der Waals surface area contributed by atoms with Crippen molar-refractivity contribution < 1.29 is 19.1 Å². The summed E-state index contributed by atoms with van der Waals surface area (Å²) < 4.78 is 10.8. The fourth-order valence-corrected chi connectivity index (χ4v) is 2.64. The number of hydrogen-bond donors (Lipinski definition) is 2. The fraction of sp³-hybridized carbons (Fsp3) is 0.190. The molecule has 150 valence electrons. The van der Waals surface area contributed by atoms with Crippen molar-refractivity contribution in [3.63, 3.8) is 0 Å². The highest BCUT2D eigenvalue weighted by Crippen LogP contribution is 2.37. The molecule has 29 heavy (non-hydrogen) atoms. The van der Waals surface area contributed by atoms with Gasteiger partial charge in [-0.25, -0.2) is 0 Å². The first-order valence-corrected chi connectivity index (χ1v) is 9.09. The molecule has 3 N–H and O–H groups in total. The van der Waals surface area contributed by atoms with E-state index in [0.717, 1.165) is 5.56 Å². The fourth-order valence-electron chi connectivity index (χ4n) is 2.37. The van der Waals surface area contributed by atoms with Crippen LogP contribution in [-0.4, -0.2) is 25.0 Å². The predicted molar refractivity (Wildman–Crippen MR) is 111 cm³/mol. The Morgan fingerprint density at radius 2 is 1.93 bits per heavy atom. The number of benzene rings is 2. The summed E-state index contributed by atoms with van der Waals surface area (Å²) in [6.07, 6.45) is 1.38. The van der Waals surface area contributed by atoms with E-state index in [2.05, 4.69) is 5.32 Å². The SMILES string of the molecule is CCOc1cc(/C=C(\C#N)C(=O)Nc2ccc(C)cc2)cc(Cl)c1OCC(N)=O. The largest absolute Gasteiger partial charge is 0.490 e. The zero-order valence-corrected chi connectivity index (χ0v) is 16.7. The summed E-state index contributed by atoms with van der Waals surface area (Å²) in [7, 11) is 0. The van der Waals surface area contributed by atoms with Gasteiger partial charge in [-0.1, -0.05) is 29.3 Å². The molecule has 0 heterocycles. The minimum absolute atomic E-state index is 0.116. The number of primary amides is 1. The van der Waals surface area contributed by atoms with Gasteiger partial charge in [0.05, 0.1) is 11.6 Å². The van der Waals surface area contributed by atoms with Crippen molar-refractivity contribution in [1.82, 2.24) is 0 Å². The third-order valence-electron chi connectivity index (χ3n) is 3.68. The lowest BCUT2D eigenvalue weighted by atomic mass is 10.1. The second-order valence-electron chi connectivity index (χ2n) is 6.01. The van der Waals surface area contributed by atoms with Crippen LogP contribution in [0, 0.1) is 18.3 Å². The second-order valence-corrected chi connectivity index (χ2v) is 6.42. The van der Waals surface area contributed by atoms with Crippen LogP contribution < -0.4 is 20.5 Å². The van der Waals surface area contributed by atoms with Gasteiger partial charge < -0.3 is 20.5 Å². The first-order chi connectivity index (χ1) is 13.8. The minimum atomic E-state index is -0.660. The molecule has 2 aromatic rings. The molecule has 0 aliphatic carbocycles. The Labute approximate surface area is 173 Å². The van der Waals surface area contributed by atoms with Gasteiger partial charge >= 0.3 is 0 Å². The van der Waals surface area contributed by atoms with Crippen LogP contribution in [0.5, 0.6) is 11.5 Å². The summed E-state index contributed by atoms with van der Waals surface area (Å²) in [5.74, 6) is -0.790. The molecule has 2 amide bonds. The number of hydrogen-bond acceptors (Lipinski definition) is 5. The van der Waals surface area contributed by atoms with Crippen LogP contribution in [0.25, 0.3) is 6.08 Å². The Balaban J connectivity index is 2.31. The van der Waals surface area contributed by atoms with E-state index in [1.54, 1.807) is 25.1 Å². The number of amides is 2. The van der Waals surface area contributed by atoms with Crippen LogP contribution in [0.1, 0.15) is 18.1 Å². The molecule has 0 spiro atoms. The predicted octanol–water partition coefficient (Wildman–Crippen LogP) is 3.46. The molecule has 0 radical (unpaired) electrons. The van der Waals surface area contributed by atoms with Crippen LogP contribution in [0.15, 0.2) is 42.0 Å². The highest BCUT2D eigenvalue weighted by Gasteiger charge is 2.15. The van der Waals surface area contributed by atoms with Crippen molar-refractivity contribution >= 4 is 35.2 Å². The number of anilines is 1. The van der Waals surface area contributed by atoms with Gasteiger partial charge in [0.25, 0.3) is 11.8 Å². The van der Waals surface area contributed by atoms with Gasteiger partial charge in [-0.15, -0.1) is 0 Å². The normalized spacial score (nSPS) is 10.8. The van der Waals surface area contributed by atoms with Crippen molar-refractivity contribution in [3.8, 4) is 17.6 Å². The number of nitrogens with one attached hydrogen (secondary N) is 1. The van der Waals surface area contributed by atoms with Crippen LogP contribution in [0.3, 0.4) is 0 Å². The Kier molecular flexibility index (Phi) is 7.63. The number of rotatable bonds is 8. The lowest BCUT2D eigenvalue weighted by Crippen LogP contribution is -2.20. The number of nitriles is 1. The maximum atomic E-state index is 12.4. The first-order valence-electron chi connectivity index (χ1n) is 8.71. The summed E-state index contributed by atoms with van der Waals surface area (Å²) in [5.41, 5.74) is 7.06. The van der Waals surface area contributed by atoms with Crippen molar-refractivity contribution in [2.45, 2.75) is 13.8 Å². The summed E-state index contributed by atoms with van der Waals surface area (Å²) in [6.45, 7) is 3.65. The number of ether oxygens (including phenoxy) is 2. The van der Waals surface area contributed by atoms with E-state index < -0.39 is 11.8 Å². The van der Waals surface area contributed by atoms with Crippen LogP contribution >= 0.6 is 11.6 Å². The van der Waals surface area contributed by atoms with Crippen molar-refractivity contribution in [2.24, 2.45) is 5.73 Å². The molecule has 0 bridgehead atoms. The summed E-state index contributed by atoms with van der Waals surface area (Å²) in [5, 5.41) is 12.2. The number of halogens is 1. The van der Waals surface area contributed by atoms with E-state index in [0.29, 0.717) is 17.9 Å². The van der Waals surface area contributed by atoms with Gasteiger partial charge in [0.1, 0.15) is 11.6 Å². The van der Waals surface area contributed by atoms with Crippen molar-refractivity contribution in [2.75, 3.05) is 18.5 Å². The maximum Gasteiger partial charge on any atom is 0.266 e. The zero-order chi connectivity index (χ0) is 21.4. The number of carbonyl (C=O) groups is 2. The summed E-state index contributed by atoms with van der Waals surface area (Å²) in [4.78, 5) is 23.4. The lowest BCUT2D eigenvalue weighted by molar-refractivity contribution is -0.120. The Morgan fingerprint density at radius 1 is 1.24 bits per heavy atom. The Morgan fingerprint density at radius 3 is 2.52 bits per heavy atom. The highest BCUT2D eigenvalue weighted by atomic mass is 35.5. The van der Waals surface area contributed by atoms with E-state index in [9.17, 15) is 14.9 Å². The van der Waals surface area contributed by atoms with Crippen molar-refractivity contribution in [3.05, 3.63) is 58.1 Å². The quantitative estimate of drug-likeness (QED) is 0.508. The van der Waals surface area contributed by atoms with E-state index in [1.165, 1.54) is 12.1 Å². The smallest absolute Gasteiger partial charge is 0.266 e. The summed E-state index contributed by atoms with van der Waals surface area (Å²) >= 11 is 6.23. The number of carbonyl (C=O) groups excluding carboxylic acids is 2. The van der Waals surface area contributed by atoms with Gasteiger partial charge in [-0.2, -0.15) is 5.26 Å². The molecule has 0 aliphatic heterocycles. The molecule has 0 unspecified atom stereocenters. The molecule has 0 saturated carbocycles. The molecular weight excluding hydrogens is 394 g/mol. The van der Waals surface area contributed by atoms with Gasteiger partial charge in [-0.05, 0) is 49.8 Å². The van der Waals surface area contributed by atoms with Crippen molar-refractivity contribution in [1.29, 1.82) is 5.26 Å². The maximum absolute atomic E-state index is 12.4. The molecule has 2 rings (SSSR count). The molecule has 8 heteroatoms. The third kappa shape index (κ3) is 6.26. The molecular formula is C21H20ClN3O4. The lowest BCUT2D eigenvalue weighted by Gasteiger charge is -2.13. The summed E-state index contributed by atoms with van der Waals surface area (Å²) in [6, 6.07) is 12.1. The number of nitrogens with two attached hydrogens (primary N) is 1. The molecule has 0 aromatic heterocycles. The van der Waals surface area contributed by atoms with E-state index >= 15 is 0 Å². The Hall–Kier alpha value is -3.50.